The molecule has 0 saturated carbocycles. The zero-order valence-electron chi connectivity index (χ0n) is 22.8. The lowest BCUT2D eigenvalue weighted by Gasteiger charge is -2.32. The molecule has 202 valence electrons. The Bertz CT molecular complexity index is 1060. The maximum absolute atomic E-state index is 11.7. The quantitative estimate of drug-likeness (QED) is 0.247. The molecule has 1 aliphatic carbocycles. The third-order valence-electron chi connectivity index (χ3n) is 5.97. The Hall–Kier alpha value is -3.68. The third kappa shape index (κ3) is 13.8. The van der Waals surface area contributed by atoms with Crippen LogP contribution in [0.3, 0.4) is 0 Å². The highest BCUT2D eigenvalue weighted by Gasteiger charge is 2.26. The van der Waals surface area contributed by atoms with Crippen molar-refractivity contribution in [3.05, 3.63) is 77.0 Å². The largest absolute Gasteiger partial charge is 0.481 e. The van der Waals surface area contributed by atoms with Gasteiger partial charge in [-0.15, -0.1) is 0 Å². The maximum atomic E-state index is 11.7. The summed E-state index contributed by atoms with van der Waals surface area (Å²) in [6.45, 7) is 11.1. The molecule has 8 heteroatoms. The molecule has 1 aromatic heterocycles. The summed E-state index contributed by atoms with van der Waals surface area (Å²) in [6.07, 6.45) is 19.5. The number of nitrogens with one attached hydrogen (secondary N) is 2. The zero-order valence-corrected chi connectivity index (χ0v) is 22.8. The van der Waals surface area contributed by atoms with Crippen LogP contribution in [0.5, 0.6) is 0 Å². The molecule has 0 atom stereocenters. The summed E-state index contributed by atoms with van der Waals surface area (Å²) in [5, 5.41) is 10.9. The van der Waals surface area contributed by atoms with Crippen LogP contribution in [0.1, 0.15) is 72.4 Å². The number of allylic oxidation sites excluding steroid dienone is 9. The van der Waals surface area contributed by atoms with E-state index in [0.29, 0.717) is 6.42 Å². The number of imidazole rings is 1. The van der Waals surface area contributed by atoms with Crippen LogP contribution in [-0.2, 0) is 20.8 Å². The van der Waals surface area contributed by atoms with Crippen molar-refractivity contribution in [2.24, 2.45) is 11.1 Å². The molecule has 2 amide bonds. The molecular formula is C29H42N4O4. The molecule has 0 aliphatic heterocycles. The molecule has 0 aromatic carbocycles. The zero-order chi connectivity index (χ0) is 27.8. The summed E-state index contributed by atoms with van der Waals surface area (Å²) in [7, 11) is 0. The van der Waals surface area contributed by atoms with Gasteiger partial charge in [-0.2, -0.15) is 0 Å². The summed E-state index contributed by atoms with van der Waals surface area (Å²) >= 11 is 0. The summed E-state index contributed by atoms with van der Waals surface area (Å²) in [5.74, 6) is -1.43. The van der Waals surface area contributed by atoms with Gasteiger partial charge in [0, 0.05) is 30.9 Å². The van der Waals surface area contributed by atoms with Crippen molar-refractivity contribution in [2.75, 3.05) is 6.54 Å². The van der Waals surface area contributed by atoms with Crippen LogP contribution in [0.25, 0.3) is 0 Å². The lowest BCUT2D eigenvalue weighted by Crippen LogP contribution is -2.26. The molecule has 0 bridgehead atoms. The van der Waals surface area contributed by atoms with E-state index in [1.807, 2.05) is 25.2 Å². The minimum Gasteiger partial charge on any atom is -0.481 e. The number of carboxylic acid groups (broad SMARTS) is 1. The van der Waals surface area contributed by atoms with E-state index in [0.717, 1.165) is 16.8 Å². The minimum atomic E-state index is -0.783. The summed E-state index contributed by atoms with van der Waals surface area (Å²) in [5.41, 5.74) is 11.1. The van der Waals surface area contributed by atoms with Crippen LogP contribution in [0.15, 0.2) is 71.3 Å². The number of carbonyl (C=O) groups is 3. The second-order valence-electron chi connectivity index (χ2n) is 9.90. The van der Waals surface area contributed by atoms with Gasteiger partial charge < -0.3 is 21.1 Å². The number of aromatic nitrogens is 2. The average Bonchev–Trinajstić information content (AvgIpc) is 3.31. The lowest BCUT2D eigenvalue weighted by atomic mass is 9.72. The van der Waals surface area contributed by atoms with Crippen LogP contribution < -0.4 is 11.1 Å². The number of primary amides is 1. The normalized spacial score (nSPS) is 16.0. The average molecular weight is 511 g/mol. The fourth-order valence-corrected chi connectivity index (χ4v) is 3.91. The third-order valence-corrected chi connectivity index (χ3v) is 5.97. The molecule has 1 aromatic rings. The fourth-order valence-electron chi connectivity index (χ4n) is 3.91. The Morgan fingerprint density at radius 2 is 1.92 bits per heavy atom. The number of carboxylic acids is 1. The summed E-state index contributed by atoms with van der Waals surface area (Å²) in [4.78, 5) is 39.0. The van der Waals surface area contributed by atoms with Gasteiger partial charge in [0.2, 0.25) is 11.8 Å². The van der Waals surface area contributed by atoms with Gasteiger partial charge in [-0.3, -0.25) is 14.4 Å². The van der Waals surface area contributed by atoms with Crippen molar-refractivity contribution < 1.29 is 19.5 Å². The molecule has 0 fully saturated rings. The number of H-pyrrole nitrogens is 1. The van der Waals surface area contributed by atoms with Crippen molar-refractivity contribution in [1.29, 1.82) is 0 Å². The summed E-state index contributed by atoms with van der Waals surface area (Å²) in [6, 6.07) is 0. The number of nitrogens with two attached hydrogens (primary N) is 1. The van der Waals surface area contributed by atoms with Gasteiger partial charge in [0.05, 0.1) is 12.7 Å². The van der Waals surface area contributed by atoms with Gasteiger partial charge in [0.25, 0.3) is 0 Å². The number of hydrogen-bond acceptors (Lipinski definition) is 4. The smallest absolute Gasteiger partial charge is 0.303 e. The van der Waals surface area contributed by atoms with Crippen molar-refractivity contribution in [3.63, 3.8) is 0 Å². The molecular weight excluding hydrogens is 468 g/mol. The molecule has 1 heterocycles. The predicted molar refractivity (Wildman–Crippen MR) is 147 cm³/mol. The molecule has 2 rings (SSSR count). The van der Waals surface area contributed by atoms with Crippen LogP contribution in [-0.4, -0.2) is 39.4 Å². The molecule has 0 unspecified atom stereocenters. The monoisotopic (exact) mass is 510 g/mol. The highest BCUT2D eigenvalue weighted by atomic mass is 16.4. The number of aromatic amines is 1. The maximum Gasteiger partial charge on any atom is 0.303 e. The number of hydrogen-bond donors (Lipinski definition) is 4. The Kier molecular flexibility index (Phi) is 13.7. The topological polar surface area (TPSA) is 138 Å². The number of amides is 2. The van der Waals surface area contributed by atoms with E-state index in [4.69, 9.17) is 10.8 Å². The van der Waals surface area contributed by atoms with Crippen LogP contribution in [0.4, 0.5) is 0 Å². The van der Waals surface area contributed by atoms with E-state index in [9.17, 15) is 14.4 Å². The summed E-state index contributed by atoms with van der Waals surface area (Å²) < 4.78 is 0. The predicted octanol–water partition coefficient (Wildman–Crippen LogP) is 4.94. The van der Waals surface area contributed by atoms with Crippen molar-refractivity contribution in [1.82, 2.24) is 15.3 Å². The first-order chi connectivity index (χ1) is 17.4. The number of nitrogens with zero attached hydrogens (tertiary/aromatic N) is 1. The van der Waals surface area contributed by atoms with E-state index in [-0.39, 0.29) is 30.7 Å². The first-order valence-electron chi connectivity index (χ1n) is 12.6. The van der Waals surface area contributed by atoms with E-state index < -0.39 is 11.9 Å². The molecule has 0 saturated heterocycles. The van der Waals surface area contributed by atoms with Crippen LogP contribution in [0, 0.1) is 5.41 Å². The first-order valence-corrected chi connectivity index (χ1v) is 12.6. The Morgan fingerprint density at radius 1 is 1.19 bits per heavy atom. The number of carbonyl (C=O) groups excluding carboxylic acids is 2. The molecule has 8 nitrogen and oxygen atoms in total. The van der Waals surface area contributed by atoms with Gasteiger partial charge in [-0.05, 0) is 63.0 Å². The van der Waals surface area contributed by atoms with E-state index in [2.05, 4.69) is 55.1 Å². The molecule has 5 N–H and O–H groups in total. The van der Waals surface area contributed by atoms with E-state index in [1.165, 1.54) is 42.8 Å². The Morgan fingerprint density at radius 3 is 2.51 bits per heavy atom. The van der Waals surface area contributed by atoms with Gasteiger partial charge in [0.15, 0.2) is 0 Å². The Labute approximate surface area is 220 Å². The number of aliphatic carboxylic acids is 1. The molecule has 37 heavy (non-hydrogen) atoms. The first kappa shape index (κ1) is 31.4. The van der Waals surface area contributed by atoms with Crippen LogP contribution in [0.2, 0.25) is 0 Å². The molecule has 0 radical (unpaired) electrons. The van der Waals surface area contributed by atoms with Crippen molar-refractivity contribution in [2.45, 2.75) is 73.1 Å². The molecule has 1 aliphatic rings. The second kappa shape index (κ2) is 16.1. The standard InChI is InChI=1S/C23H34N2O2.C6H8N2O2/c1-17(11-12-20-19(3)10-7-14-23(20,4)5)8-6-9-18(2)16-22(27)25-15-13-21(24)26;9-6(10)2-1-5-3-7-4-8-5/h6,8-9,11-12,16H,7,10,13-15H2,1-5H3,(H2,24,26)(H,25,27);3-4H,1-2H2,(H,7,8)(H,9,10)/b9-6+,12-11+,17-8+,18-16+;. The van der Waals surface area contributed by atoms with Crippen molar-refractivity contribution in [3.8, 4) is 0 Å². The van der Waals surface area contributed by atoms with Gasteiger partial charge in [-0.25, -0.2) is 4.98 Å². The highest BCUT2D eigenvalue weighted by Crippen LogP contribution is 2.40. The van der Waals surface area contributed by atoms with E-state index in [1.54, 1.807) is 6.20 Å². The fraction of sp³-hybridized carbons (Fsp3) is 0.448. The SMILES string of the molecule is CC1=C(/C=C/C(C)=C/C=C/C(C)=C/C(=O)NCCC(N)=O)C(C)(C)CCC1.O=C(O)CCc1cnc[nH]1. The van der Waals surface area contributed by atoms with Gasteiger partial charge in [0.1, 0.15) is 0 Å². The van der Waals surface area contributed by atoms with Gasteiger partial charge in [-0.1, -0.05) is 55.4 Å². The molecule has 0 spiro atoms. The number of rotatable bonds is 11. The number of aryl methyl sites for hydroxylation is 1. The van der Waals surface area contributed by atoms with Crippen molar-refractivity contribution >= 4 is 17.8 Å². The van der Waals surface area contributed by atoms with Crippen LogP contribution >= 0.6 is 0 Å². The van der Waals surface area contributed by atoms with Gasteiger partial charge >= 0.3 is 5.97 Å². The Balaban J connectivity index is 0.000000568. The second-order valence-corrected chi connectivity index (χ2v) is 9.90. The minimum absolute atomic E-state index is 0.148. The van der Waals surface area contributed by atoms with E-state index >= 15 is 0 Å². The highest BCUT2D eigenvalue weighted by molar-refractivity contribution is 5.88. The lowest BCUT2D eigenvalue weighted by molar-refractivity contribution is -0.137.